The molecule has 0 aliphatic carbocycles. The number of aromatic nitrogens is 6. The molecule has 0 aliphatic rings. The van der Waals surface area contributed by atoms with Crippen LogP contribution in [0.25, 0.3) is 33.5 Å². The number of benzene rings is 4. The van der Waals surface area contributed by atoms with Gasteiger partial charge in [-0.2, -0.15) is 15.3 Å². The van der Waals surface area contributed by atoms with E-state index in [1.807, 2.05) is 91.0 Å². The molecule has 0 saturated heterocycles. The van der Waals surface area contributed by atoms with E-state index in [9.17, 15) is 5.26 Å². The molecule has 3 heterocycles. The predicted molar refractivity (Wildman–Crippen MR) is 182 cm³/mol. The summed E-state index contributed by atoms with van der Waals surface area (Å²) in [5, 5.41) is 16.7. The van der Waals surface area contributed by atoms with E-state index in [1.54, 1.807) is 24.3 Å². The third-order valence-electron chi connectivity index (χ3n) is 6.58. The molecule has 7 rings (SSSR count). The molecule has 47 heavy (non-hydrogen) atoms. The second kappa shape index (κ2) is 14.1. The molecular weight excluding hydrogens is 659 g/mol. The maximum atomic E-state index is 9.22. The number of para-hydroxylation sites is 2. The second-order valence-corrected chi connectivity index (χ2v) is 10.7. The molecule has 230 valence electrons. The Morgan fingerprint density at radius 3 is 1.60 bits per heavy atom. The van der Waals surface area contributed by atoms with Gasteiger partial charge in [0.05, 0.1) is 16.8 Å². The van der Waals surface area contributed by atoms with Crippen molar-refractivity contribution in [2.45, 2.75) is 0 Å². The van der Waals surface area contributed by atoms with Crippen molar-refractivity contribution < 1.29 is 9.47 Å². The van der Waals surface area contributed by atoms with E-state index in [2.05, 4.69) is 30.1 Å². The summed E-state index contributed by atoms with van der Waals surface area (Å²) >= 11 is 17.7. The van der Waals surface area contributed by atoms with Gasteiger partial charge in [-0.15, -0.1) is 0 Å². The Morgan fingerprint density at radius 1 is 0.596 bits per heavy atom. The zero-order valence-electron chi connectivity index (χ0n) is 24.1. The van der Waals surface area contributed by atoms with Crippen LogP contribution in [-0.4, -0.2) is 30.1 Å². The molecule has 0 atom stereocenters. The van der Waals surface area contributed by atoms with Crippen molar-refractivity contribution in [2.75, 3.05) is 5.73 Å². The van der Waals surface area contributed by atoms with Crippen LogP contribution in [0, 0.1) is 11.3 Å². The lowest BCUT2D eigenvalue weighted by Crippen LogP contribution is -1.95. The summed E-state index contributed by atoms with van der Waals surface area (Å²) in [6.45, 7) is 0. The molecule has 3 aromatic heterocycles. The Bertz CT molecular complexity index is 2190. The van der Waals surface area contributed by atoms with Crippen LogP contribution >= 0.6 is 34.8 Å². The third kappa shape index (κ3) is 7.40. The molecule has 3 N–H and O–H groups in total. The van der Waals surface area contributed by atoms with Crippen LogP contribution in [0.5, 0.6) is 23.0 Å². The molecule has 0 aliphatic heterocycles. The Balaban J connectivity index is 0.000000165. The molecule has 0 radical (unpaired) electrons. The number of anilines is 1. The Morgan fingerprint density at radius 2 is 1.06 bits per heavy atom. The van der Waals surface area contributed by atoms with Crippen molar-refractivity contribution in [1.29, 1.82) is 5.26 Å². The first-order chi connectivity index (χ1) is 22.9. The van der Waals surface area contributed by atoms with Gasteiger partial charge >= 0.3 is 0 Å². The van der Waals surface area contributed by atoms with Gasteiger partial charge in [-0.1, -0.05) is 48.0 Å². The Kier molecular flexibility index (Phi) is 9.41. The van der Waals surface area contributed by atoms with Crippen molar-refractivity contribution >= 4 is 51.7 Å². The average Bonchev–Trinajstić information content (AvgIpc) is 3.46. The number of aromatic amines is 1. The SMILES string of the molecule is N#Cc1c(Cl)nc(Cl)nc1-c1ccc(Oc2ccccc2)cc1.Nc1[nH]nc2nc(Cl)nc(-c3ccc(Oc4ccccc4)cc3)c12. The van der Waals surface area contributed by atoms with E-state index < -0.39 is 0 Å². The number of nitrogens with zero attached hydrogens (tertiary/aromatic N) is 6. The molecule has 0 amide bonds. The minimum absolute atomic E-state index is 0.00591. The van der Waals surface area contributed by atoms with Crippen LogP contribution in [0.4, 0.5) is 5.82 Å². The number of nitrogens with one attached hydrogen (secondary N) is 1. The summed E-state index contributed by atoms with van der Waals surface area (Å²) in [5.74, 6) is 3.32. The van der Waals surface area contributed by atoms with Crippen LogP contribution in [0.2, 0.25) is 15.7 Å². The monoisotopic (exact) mass is 678 g/mol. The van der Waals surface area contributed by atoms with Crippen molar-refractivity contribution in [1.82, 2.24) is 30.1 Å². The lowest BCUT2D eigenvalue weighted by molar-refractivity contribution is 0.482. The van der Waals surface area contributed by atoms with Crippen molar-refractivity contribution in [3.05, 3.63) is 130 Å². The zero-order chi connectivity index (χ0) is 32.8. The first-order valence-electron chi connectivity index (χ1n) is 13.8. The second-order valence-electron chi connectivity index (χ2n) is 9.67. The number of nitrogens with two attached hydrogens (primary N) is 1. The maximum Gasteiger partial charge on any atom is 0.225 e. The van der Waals surface area contributed by atoms with Crippen LogP contribution in [0.15, 0.2) is 109 Å². The number of nitrogen functional groups attached to an aromatic ring is 1. The first kappa shape index (κ1) is 31.3. The molecule has 13 heteroatoms. The topological polar surface area (TPSA) is 149 Å². The normalized spacial score (nSPS) is 10.5. The van der Waals surface area contributed by atoms with Gasteiger partial charge in [0.1, 0.15) is 40.4 Å². The maximum absolute atomic E-state index is 9.22. The standard InChI is InChI=1S/C17H9Cl2N3O.C17H12ClN5O/c18-16-14(10-20)15(21-17(19)22-16)11-6-8-13(9-7-11)23-12-4-2-1-3-5-12;18-17-20-14(13-15(19)22-23-16(13)21-17)10-6-8-12(9-7-10)24-11-4-2-1-3-5-11/h1-9H;1-9H,(H3,19,20,21,22,23). The van der Waals surface area contributed by atoms with Crippen molar-refractivity contribution in [3.63, 3.8) is 0 Å². The van der Waals surface area contributed by atoms with E-state index in [0.717, 1.165) is 22.8 Å². The van der Waals surface area contributed by atoms with E-state index in [4.69, 9.17) is 50.0 Å². The highest BCUT2D eigenvalue weighted by Gasteiger charge is 2.16. The number of halogens is 3. The van der Waals surface area contributed by atoms with E-state index in [1.165, 1.54) is 0 Å². The van der Waals surface area contributed by atoms with Crippen LogP contribution in [0.1, 0.15) is 5.56 Å². The summed E-state index contributed by atoms with van der Waals surface area (Å²) in [6.07, 6.45) is 0. The highest BCUT2D eigenvalue weighted by Crippen LogP contribution is 2.32. The van der Waals surface area contributed by atoms with Crippen LogP contribution < -0.4 is 15.2 Å². The summed E-state index contributed by atoms with van der Waals surface area (Å²) in [5.41, 5.74) is 9.12. The van der Waals surface area contributed by atoms with Gasteiger partial charge in [-0.05, 0) is 96.0 Å². The molecule has 4 aromatic carbocycles. The number of hydrogen-bond acceptors (Lipinski definition) is 9. The van der Waals surface area contributed by atoms with E-state index in [-0.39, 0.29) is 21.3 Å². The van der Waals surface area contributed by atoms with E-state index >= 15 is 0 Å². The van der Waals surface area contributed by atoms with Gasteiger partial charge in [-0.3, -0.25) is 5.10 Å². The Labute approximate surface area is 283 Å². The van der Waals surface area contributed by atoms with Crippen molar-refractivity contribution in [3.8, 4) is 51.6 Å². The highest BCUT2D eigenvalue weighted by atomic mass is 35.5. The van der Waals surface area contributed by atoms with Gasteiger partial charge in [-0.25, -0.2) is 15.0 Å². The molecule has 0 bridgehead atoms. The molecule has 0 fully saturated rings. The highest BCUT2D eigenvalue weighted by molar-refractivity contribution is 6.33. The van der Waals surface area contributed by atoms with Gasteiger partial charge in [0, 0.05) is 11.1 Å². The van der Waals surface area contributed by atoms with Gasteiger partial charge in [0.25, 0.3) is 0 Å². The van der Waals surface area contributed by atoms with Gasteiger partial charge in [0.2, 0.25) is 10.6 Å². The largest absolute Gasteiger partial charge is 0.457 e. The summed E-state index contributed by atoms with van der Waals surface area (Å²) in [7, 11) is 0. The molecule has 10 nitrogen and oxygen atoms in total. The summed E-state index contributed by atoms with van der Waals surface area (Å²) < 4.78 is 11.5. The number of rotatable bonds is 6. The third-order valence-corrected chi connectivity index (χ3v) is 7.19. The molecule has 0 unspecified atom stereocenters. The summed E-state index contributed by atoms with van der Waals surface area (Å²) in [6, 6.07) is 35.7. The minimum atomic E-state index is -0.00591. The minimum Gasteiger partial charge on any atom is -0.457 e. The van der Waals surface area contributed by atoms with Gasteiger partial charge in [0.15, 0.2) is 10.8 Å². The number of nitriles is 1. The predicted octanol–water partition coefficient (Wildman–Crippen LogP) is 9.16. The first-order valence-corrected chi connectivity index (χ1v) is 15.0. The van der Waals surface area contributed by atoms with Crippen molar-refractivity contribution in [2.24, 2.45) is 0 Å². The lowest BCUT2D eigenvalue weighted by atomic mass is 10.1. The molecule has 7 aromatic rings. The number of ether oxygens (including phenoxy) is 2. The lowest BCUT2D eigenvalue weighted by Gasteiger charge is -2.08. The van der Waals surface area contributed by atoms with E-state index in [0.29, 0.717) is 39.6 Å². The Hall–Kier alpha value is -5.73. The number of hydrogen-bond donors (Lipinski definition) is 2. The van der Waals surface area contributed by atoms with Crippen LogP contribution in [0.3, 0.4) is 0 Å². The fraction of sp³-hybridized carbons (Fsp3) is 0. The molecule has 0 spiro atoms. The van der Waals surface area contributed by atoms with Crippen LogP contribution in [-0.2, 0) is 0 Å². The summed E-state index contributed by atoms with van der Waals surface area (Å²) in [4.78, 5) is 16.2. The quantitative estimate of drug-likeness (QED) is 0.130. The number of H-pyrrole nitrogens is 1. The van der Waals surface area contributed by atoms with Gasteiger partial charge < -0.3 is 15.2 Å². The average molecular weight is 680 g/mol. The number of fused-ring (bicyclic) bond motifs is 1. The fourth-order valence-corrected chi connectivity index (χ4v) is 5.04. The fourth-order valence-electron chi connectivity index (χ4n) is 4.46. The smallest absolute Gasteiger partial charge is 0.225 e. The zero-order valence-corrected chi connectivity index (χ0v) is 26.4. The molecular formula is C34H21Cl3N8O2. The molecule has 0 saturated carbocycles.